The molecule has 1 aliphatic rings. The average molecular weight is 152 g/mol. The van der Waals surface area contributed by atoms with E-state index in [1.807, 2.05) is 6.08 Å². The Morgan fingerprint density at radius 2 is 2.09 bits per heavy atom. The molecule has 0 amide bonds. The lowest BCUT2D eigenvalue weighted by Gasteiger charge is -2.11. The van der Waals surface area contributed by atoms with Crippen LogP contribution in [0.5, 0.6) is 0 Å². The second kappa shape index (κ2) is 3.72. The lowest BCUT2D eigenvalue weighted by atomic mass is 10.00. The molecule has 0 saturated carbocycles. The molecule has 0 aliphatic heterocycles. The number of aliphatic hydroxyl groups is 1. The predicted octanol–water partition coefficient (Wildman–Crippen LogP) is 2.42. The van der Waals surface area contributed by atoms with Crippen molar-refractivity contribution in [2.75, 3.05) is 0 Å². The fraction of sp³-hybridized carbons (Fsp3) is 0.600. The van der Waals surface area contributed by atoms with Crippen LogP contribution in [-0.2, 0) is 0 Å². The van der Waals surface area contributed by atoms with Crippen LogP contribution in [-0.4, -0.2) is 11.2 Å². The van der Waals surface area contributed by atoms with Crippen LogP contribution in [0.15, 0.2) is 23.3 Å². The number of aliphatic hydroxyl groups excluding tert-OH is 1. The second-order valence-electron chi connectivity index (χ2n) is 3.37. The van der Waals surface area contributed by atoms with Gasteiger partial charge in [-0.1, -0.05) is 23.3 Å². The standard InChI is InChI=1S/C10H16O/c1-8-4-3-5-9(2)7-10(11)6-8/h4,7,10-11H,3,5-6H2,1-2H3/b8-4-,9-7-. The normalized spacial score (nSPS) is 36.1. The van der Waals surface area contributed by atoms with Crippen LogP contribution >= 0.6 is 0 Å². The molecular formula is C10H16O. The summed E-state index contributed by atoms with van der Waals surface area (Å²) in [5, 5.41) is 9.44. The van der Waals surface area contributed by atoms with Gasteiger partial charge in [-0.3, -0.25) is 0 Å². The third kappa shape index (κ3) is 2.89. The van der Waals surface area contributed by atoms with Gasteiger partial charge in [0.05, 0.1) is 6.10 Å². The highest BCUT2D eigenvalue weighted by Gasteiger charge is 2.04. The van der Waals surface area contributed by atoms with Gasteiger partial charge in [-0.25, -0.2) is 0 Å². The zero-order valence-electron chi connectivity index (χ0n) is 7.30. The summed E-state index contributed by atoms with van der Waals surface area (Å²) in [4.78, 5) is 0. The summed E-state index contributed by atoms with van der Waals surface area (Å²) in [6.45, 7) is 4.16. The average Bonchev–Trinajstić information content (AvgIpc) is 1.83. The third-order valence-electron chi connectivity index (χ3n) is 2.04. The Balaban J connectivity index is 2.62. The molecule has 11 heavy (non-hydrogen) atoms. The summed E-state index contributed by atoms with van der Waals surface area (Å²) in [6.07, 6.45) is 6.95. The summed E-state index contributed by atoms with van der Waals surface area (Å²) >= 11 is 0. The molecule has 1 aliphatic carbocycles. The Morgan fingerprint density at radius 1 is 1.36 bits per heavy atom. The number of hydrogen-bond donors (Lipinski definition) is 1. The highest BCUT2D eigenvalue weighted by Crippen LogP contribution is 2.16. The van der Waals surface area contributed by atoms with Gasteiger partial charge in [0.1, 0.15) is 0 Å². The van der Waals surface area contributed by atoms with Gasteiger partial charge < -0.3 is 5.11 Å². The molecule has 1 heteroatoms. The molecule has 1 unspecified atom stereocenters. The van der Waals surface area contributed by atoms with Gasteiger partial charge in [0, 0.05) is 0 Å². The minimum atomic E-state index is -0.258. The van der Waals surface area contributed by atoms with E-state index in [4.69, 9.17) is 0 Å². The van der Waals surface area contributed by atoms with Crippen LogP contribution in [0.2, 0.25) is 0 Å². The number of rotatable bonds is 0. The second-order valence-corrected chi connectivity index (χ2v) is 3.37. The van der Waals surface area contributed by atoms with Crippen molar-refractivity contribution in [2.24, 2.45) is 0 Å². The van der Waals surface area contributed by atoms with Crippen LogP contribution in [0.1, 0.15) is 33.1 Å². The highest BCUT2D eigenvalue weighted by molar-refractivity contribution is 5.12. The Hall–Kier alpha value is -0.560. The van der Waals surface area contributed by atoms with E-state index < -0.39 is 0 Å². The molecule has 1 atom stereocenters. The molecule has 0 heterocycles. The van der Waals surface area contributed by atoms with Crippen molar-refractivity contribution in [1.82, 2.24) is 0 Å². The van der Waals surface area contributed by atoms with Crippen molar-refractivity contribution >= 4 is 0 Å². The summed E-state index contributed by atoms with van der Waals surface area (Å²) in [6, 6.07) is 0. The first-order valence-corrected chi connectivity index (χ1v) is 4.19. The molecule has 0 aromatic rings. The van der Waals surface area contributed by atoms with E-state index in [1.54, 1.807) is 0 Å². The number of allylic oxidation sites excluding steroid dienone is 2. The molecule has 0 aromatic heterocycles. The first kappa shape index (κ1) is 8.54. The van der Waals surface area contributed by atoms with Crippen LogP contribution in [0.25, 0.3) is 0 Å². The van der Waals surface area contributed by atoms with Gasteiger partial charge in [-0.05, 0) is 33.1 Å². The van der Waals surface area contributed by atoms with Crippen LogP contribution in [0.4, 0.5) is 0 Å². The maximum Gasteiger partial charge on any atom is 0.0760 e. The minimum absolute atomic E-state index is 0.258. The third-order valence-corrected chi connectivity index (χ3v) is 2.04. The van der Waals surface area contributed by atoms with Crippen LogP contribution in [0, 0.1) is 0 Å². The van der Waals surface area contributed by atoms with Gasteiger partial charge in [-0.15, -0.1) is 0 Å². The molecule has 0 radical (unpaired) electrons. The minimum Gasteiger partial charge on any atom is -0.389 e. The number of hydrogen-bond acceptors (Lipinski definition) is 1. The summed E-state index contributed by atoms with van der Waals surface area (Å²) < 4.78 is 0. The molecule has 1 rings (SSSR count). The smallest absolute Gasteiger partial charge is 0.0760 e. The summed E-state index contributed by atoms with van der Waals surface area (Å²) in [5.74, 6) is 0. The summed E-state index contributed by atoms with van der Waals surface area (Å²) in [7, 11) is 0. The fourth-order valence-electron chi connectivity index (χ4n) is 1.43. The van der Waals surface area contributed by atoms with E-state index in [9.17, 15) is 5.11 Å². The molecule has 0 bridgehead atoms. The van der Waals surface area contributed by atoms with E-state index in [1.165, 1.54) is 11.1 Å². The van der Waals surface area contributed by atoms with Crippen molar-refractivity contribution in [3.05, 3.63) is 23.3 Å². The largest absolute Gasteiger partial charge is 0.389 e. The molecule has 0 saturated heterocycles. The zero-order valence-corrected chi connectivity index (χ0v) is 7.30. The lowest BCUT2D eigenvalue weighted by Crippen LogP contribution is -2.05. The van der Waals surface area contributed by atoms with Gasteiger partial charge in [-0.2, -0.15) is 0 Å². The van der Waals surface area contributed by atoms with Crippen molar-refractivity contribution in [2.45, 2.75) is 39.2 Å². The van der Waals surface area contributed by atoms with Crippen molar-refractivity contribution < 1.29 is 5.11 Å². The molecule has 0 spiro atoms. The van der Waals surface area contributed by atoms with Crippen molar-refractivity contribution in [3.8, 4) is 0 Å². The Labute approximate surface area is 68.4 Å². The first-order valence-electron chi connectivity index (χ1n) is 4.19. The molecule has 1 nitrogen and oxygen atoms in total. The van der Waals surface area contributed by atoms with Gasteiger partial charge in [0.15, 0.2) is 0 Å². The van der Waals surface area contributed by atoms with Crippen LogP contribution in [0.3, 0.4) is 0 Å². The van der Waals surface area contributed by atoms with Gasteiger partial charge >= 0.3 is 0 Å². The van der Waals surface area contributed by atoms with Gasteiger partial charge in [0.2, 0.25) is 0 Å². The predicted molar refractivity (Wildman–Crippen MR) is 47.4 cm³/mol. The maximum atomic E-state index is 9.44. The van der Waals surface area contributed by atoms with E-state index in [0.29, 0.717) is 0 Å². The van der Waals surface area contributed by atoms with E-state index >= 15 is 0 Å². The summed E-state index contributed by atoms with van der Waals surface area (Å²) in [5.41, 5.74) is 2.61. The lowest BCUT2D eigenvalue weighted by molar-refractivity contribution is 0.222. The SMILES string of the molecule is C/C1=C/C(O)C/C(C)=C\CC1. The Bertz CT molecular complexity index is 189. The first-order chi connectivity index (χ1) is 5.18. The topological polar surface area (TPSA) is 20.2 Å². The van der Waals surface area contributed by atoms with E-state index in [-0.39, 0.29) is 6.10 Å². The van der Waals surface area contributed by atoms with Crippen molar-refractivity contribution in [1.29, 1.82) is 0 Å². The molecule has 0 aromatic carbocycles. The Kier molecular flexibility index (Phi) is 2.89. The zero-order chi connectivity index (χ0) is 8.27. The molecular weight excluding hydrogens is 136 g/mol. The molecule has 0 fully saturated rings. The van der Waals surface area contributed by atoms with E-state index in [2.05, 4.69) is 19.9 Å². The fourth-order valence-corrected chi connectivity index (χ4v) is 1.43. The van der Waals surface area contributed by atoms with Crippen molar-refractivity contribution in [3.63, 3.8) is 0 Å². The van der Waals surface area contributed by atoms with E-state index in [0.717, 1.165) is 19.3 Å². The van der Waals surface area contributed by atoms with Gasteiger partial charge in [0.25, 0.3) is 0 Å². The molecule has 62 valence electrons. The monoisotopic (exact) mass is 152 g/mol. The molecule has 1 N–H and O–H groups in total. The maximum absolute atomic E-state index is 9.44. The quantitative estimate of drug-likeness (QED) is 0.528. The highest BCUT2D eigenvalue weighted by atomic mass is 16.3. The van der Waals surface area contributed by atoms with Crippen LogP contribution < -0.4 is 0 Å². The Morgan fingerprint density at radius 3 is 2.82 bits per heavy atom.